The van der Waals surface area contributed by atoms with E-state index in [1.165, 1.54) is 0 Å². The summed E-state index contributed by atoms with van der Waals surface area (Å²) >= 11 is 0. The Morgan fingerprint density at radius 3 is 3.15 bits per heavy atom. The first-order chi connectivity index (χ1) is 6.27. The highest BCUT2D eigenvalue weighted by atomic mass is 16.1. The number of nitriles is 1. The lowest BCUT2D eigenvalue weighted by molar-refractivity contribution is -0.120. The Morgan fingerprint density at radius 2 is 2.54 bits per heavy atom. The number of aryl methyl sites for hydroxylation is 1. The Hall–Kier alpha value is -1.76. The minimum absolute atomic E-state index is 0.0161. The molecule has 0 fully saturated rings. The van der Waals surface area contributed by atoms with Crippen LogP contribution in [0.1, 0.15) is 12.1 Å². The molecule has 4 heteroatoms. The van der Waals surface area contributed by atoms with Gasteiger partial charge in [0.15, 0.2) is 0 Å². The highest BCUT2D eigenvalue weighted by Crippen LogP contribution is 2.01. The van der Waals surface area contributed by atoms with Gasteiger partial charge in [0.2, 0.25) is 5.91 Å². The Morgan fingerprint density at radius 1 is 1.77 bits per heavy atom. The molecule has 1 aromatic rings. The van der Waals surface area contributed by atoms with E-state index in [2.05, 4.69) is 5.32 Å². The second-order valence-corrected chi connectivity index (χ2v) is 2.62. The highest BCUT2D eigenvalue weighted by Gasteiger charge is 2.01. The van der Waals surface area contributed by atoms with E-state index in [1.807, 2.05) is 6.07 Å². The molecule has 1 heterocycles. The number of carbonyl (C=O) groups is 1. The first-order valence-electron chi connectivity index (χ1n) is 4.03. The maximum Gasteiger partial charge on any atom is 0.221 e. The van der Waals surface area contributed by atoms with E-state index >= 15 is 0 Å². The molecule has 0 saturated heterocycles. The van der Waals surface area contributed by atoms with Crippen molar-refractivity contribution in [3.05, 3.63) is 24.0 Å². The van der Waals surface area contributed by atoms with Crippen LogP contribution in [0.2, 0.25) is 0 Å². The van der Waals surface area contributed by atoms with Crippen molar-refractivity contribution >= 4 is 5.91 Å². The molecule has 0 aliphatic rings. The van der Waals surface area contributed by atoms with Crippen LogP contribution in [0.15, 0.2) is 18.3 Å². The number of nitrogens with zero attached hydrogens (tertiary/aromatic N) is 2. The number of amides is 1. The molecule has 0 radical (unpaired) electrons. The second kappa shape index (κ2) is 4.31. The van der Waals surface area contributed by atoms with Crippen LogP contribution in [0.3, 0.4) is 0 Å². The fraction of sp³-hybridized carbons (Fsp3) is 0.333. The number of rotatable bonds is 3. The van der Waals surface area contributed by atoms with E-state index in [0.29, 0.717) is 18.7 Å². The molecule has 68 valence electrons. The summed E-state index contributed by atoms with van der Waals surface area (Å²) in [7, 11) is 1.60. The van der Waals surface area contributed by atoms with Gasteiger partial charge in [-0.25, -0.2) is 0 Å². The first-order valence-corrected chi connectivity index (χ1v) is 4.03. The maximum absolute atomic E-state index is 10.9. The second-order valence-electron chi connectivity index (χ2n) is 2.62. The van der Waals surface area contributed by atoms with Crippen LogP contribution < -0.4 is 5.32 Å². The van der Waals surface area contributed by atoms with Crippen molar-refractivity contribution in [2.75, 3.05) is 7.05 Å². The summed E-state index contributed by atoms with van der Waals surface area (Å²) in [6.07, 6.45) is 2.20. The molecule has 0 aromatic carbocycles. The summed E-state index contributed by atoms with van der Waals surface area (Å²) < 4.78 is 1.76. The highest BCUT2D eigenvalue weighted by molar-refractivity contribution is 5.75. The number of nitrogens with one attached hydrogen (secondary N) is 1. The third kappa shape index (κ3) is 2.34. The van der Waals surface area contributed by atoms with Crippen molar-refractivity contribution in [2.45, 2.75) is 13.0 Å². The lowest BCUT2D eigenvalue weighted by atomic mass is 10.4. The molecule has 1 aromatic heterocycles. The molecule has 0 spiro atoms. The molecule has 0 unspecified atom stereocenters. The molecular formula is C9H11N3O. The van der Waals surface area contributed by atoms with Gasteiger partial charge in [0.05, 0.1) is 0 Å². The van der Waals surface area contributed by atoms with Crippen molar-refractivity contribution < 1.29 is 4.79 Å². The Kier molecular flexibility index (Phi) is 3.09. The van der Waals surface area contributed by atoms with Gasteiger partial charge in [-0.1, -0.05) is 0 Å². The fourth-order valence-electron chi connectivity index (χ4n) is 1.06. The molecule has 0 bridgehead atoms. The molecule has 1 amide bonds. The summed E-state index contributed by atoms with van der Waals surface area (Å²) in [5, 5.41) is 11.2. The molecule has 0 saturated carbocycles. The van der Waals surface area contributed by atoms with Gasteiger partial charge in [-0.15, -0.1) is 0 Å². The SMILES string of the molecule is CNC(=O)CCn1cccc1C#N. The molecule has 1 rings (SSSR count). The Balaban J connectivity index is 2.55. The van der Waals surface area contributed by atoms with Crippen LogP contribution in [0, 0.1) is 11.3 Å². The van der Waals surface area contributed by atoms with Gasteiger partial charge in [0.25, 0.3) is 0 Å². The van der Waals surface area contributed by atoms with Gasteiger partial charge in [-0.3, -0.25) is 4.79 Å². The minimum Gasteiger partial charge on any atom is -0.359 e. The summed E-state index contributed by atoms with van der Waals surface area (Å²) in [6.45, 7) is 0.551. The normalized spacial score (nSPS) is 9.23. The zero-order valence-corrected chi connectivity index (χ0v) is 7.45. The van der Waals surface area contributed by atoms with Crippen molar-refractivity contribution in [2.24, 2.45) is 0 Å². The summed E-state index contributed by atoms with van der Waals surface area (Å²) in [4.78, 5) is 10.9. The average molecular weight is 177 g/mol. The van der Waals surface area contributed by atoms with Crippen molar-refractivity contribution in [3.63, 3.8) is 0 Å². The monoisotopic (exact) mass is 177 g/mol. The molecule has 4 nitrogen and oxygen atoms in total. The topological polar surface area (TPSA) is 57.8 Å². The molecule has 13 heavy (non-hydrogen) atoms. The number of hydrogen-bond acceptors (Lipinski definition) is 2. The fourth-order valence-corrected chi connectivity index (χ4v) is 1.06. The quantitative estimate of drug-likeness (QED) is 0.730. The van der Waals surface area contributed by atoms with E-state index in [4.69, 9.17) is 5.26 Å². The van der Waals surface area contributed by atoms with E-state index in [-0.39, 0.29) is 5.91 Å². The smallest absolute Gasteiger partial charge is 0.221 e. The van der Waals surface area contributed by atoms with Gasteiger partial charge < -0.3 is 9.88 Å². The minimum atomic E-state index is -0.0161. The van der Waals surface area contributed by atoms with Gasteiger partial charge in [-0.05, 0) is 12.1 Å². The number of aromatic nitrogens is 1. The zero-order chi connectivity index (χ0) is 9.68. The van der Waals surface area contributed by atoms with Gasteiger partial charge in [0.1, 0.15) is 11.8 Å². The zero-order valence-electron chi connectivity index (χ0n) is 7.45. The van der Waals surface area contributed by atoms with Crippen LogP contribution >= 0.6 is 0 Å². The van der Waals surface area contributed by atoms with E-state index in [9.17, 15) is 4.79 Å². The first kappa shape index (κ1) is 9.33. The van der Waals surface area contributed by atoms with Crippen LogP contribution in [0.5, 0.6) is 0 Å². The van der Waals surface area contributed by atoms with Gasteiger partial charge in [0, 0.05) is 26.2 Å². The Labute approximate surface area is 76.8 Å². The van der Waals surface area contributed by atoms with Crippen LogP contribution in [-0.4, -0.2) is 17.5 Å². The maximum atomic E-state index is 10.9. The third-order valence-electron chi connectivity index (χ3n) is 1.80. The van der Waals surface area contributed by atoms with Crippen molar-refractivity contribution in [1.82, 2.24) is 9.88 Å². The predicted octanol–water partition coefficient (Wildman–Crippen LogP) is 0.496. The average Bonchev–Trinajstić information content (AvgIpc) is 2.61. The van der Waals surface area contributed by atoms with Gasteiger partial charge >= 0.3 is 0 Å². The van der Waals surface area contributed by atoms with E-state index in [0.717, 1.165) is 0 Å². The molecular weight excluding hydrogens is 166 g/mol. The molecule has 0 aliphatic carbocycles. The Bertz CT molecular complexity index is 335. The van der Waals surface area contributed by atoms with Crippen LogP contribution in [-0.2, 0) is 11.3 Å². The summed E-state index contributed by atoms with van der Waals surface area (Å²) in [6, 6.07) is 5.57. The van der Waals surface area contributed by atoms with Gasteiger partial charge in [-0.2, -0.15) is 5.26 Å². The van der Waals surface area contributed by atoms with Crippen LogP contribution in [0.4, 0.5) is 0 Å². The number of carbonyl (C=O) groups excluding carboxylic acids is 1. The standard InChI is InChI=1S/C9H11N3O/c1-11-9(13)4-6-12-5-2-3-8(12)7-10/h2-3,5H,4,6H2,1H3,(H,11,13). The molecule has 1 N–H and O–H groups in total. The summed E-state index contributed by atoms with van der Waals surface area (Å²) in [5.74, 6) is -0.0161. The predicted molar refractivity (Wildman–Crippen MR) is 47.8 cm³/mol. The van der Waals surface area contributed by atoms with Crippen molar-refractivity contribution in [3.8, 4) is 6.07 Å². The van der Waals surface area contributed by atoms with E-state index in [1.54, 1.807) is 29.9 Å². The lowest BCUT2D eigenvalue weighted by Crippen LogP contribution is -2.19. The van der Waals surface area contributed by atoms with Crippen molar-refractivity contribution in [1.29, 1.82) is 5.26 Å². The molecule has 0 atom stereocenters. The largest absolute Gasteiger partial charge is 0.359 e. The number of hydrogen-bond donors (Lipinski definition) is 1. The van der Waals surface area contributed by atoms with Crippen LogP contribution in [0.25, 0.3) is 0 Å². The lowest BCUT2D eigenvalue weighted by Gasteiger charge is -2.02. The summed E-state index contributed by atoms with van der Waals surface area (Å²) in [5.41, 5.74) is 0.587. The van der Waals surface area contributed by atoms with E-state index < -0.39 is 0 Å². The third-order valence-corrected chi connectivity index (χ3v) is 1.80. The molecule has 0 aliphatic heterocycles.